The number of hydrogen-bond donors (Lipinski definition) is 1. The zero-order valence-corrected chi connectivity index (χ0v) is 14.9. The minimum Gasteiger partial charge on any atom is -0.317 e. The van der Waals surface area contributed by atoms with Gasteiger partial charge in [0.2, 0.25) is 0 Å². The van der Waals surface area contributed by atoms with Crippen molar-refractivity contribution in [1.29, 1.82) is 0 Å². The molecule has 0 aromatic heterocycles. The molecule has 1 heterocycles. The SMILES string of the molecule is C=C/C=C(\C=C)COP(OCc1ccccc1)OC1CCNCC1. The van der Waals surface area contributed by atoms with Crippen LogP contribution in [0.2, 0.25) is 0 Å². The average molecular weight is 347 g/mol. The van der Waals surface area contributed by atoms with Crippen LogP contribution in [0.5, 0.6) is 0 Å². The molecule has 1 atom stereocenters. The number of piperidine rings is 1. The highest BCUT2D eigenvalue weighted by atomic mass is 31.2. The van der Waals surface area contributed by atoms with Gasteiger partial charge in [-0.1, -0.05) is 61.7 Å². The van der Waals surface area contributed by atoms with E-state index in [0.29, 0.717) is 13.2 Å². The summed E-state index contributed by atoms with van der Waals surface area (Å²) in [7, 11) is -1.41. The maximum Gasteiger partial charge on any atom is 0.333 e. The van der Waals surface area contributed by atoms with E-state index in [1.54, 1.807) is 12.2 Å². The van der Waals surface area contributed by atoms with E-state index in [2.05, 4.69) is 18.5 Å². The van der Waals surface area contributed by atoms with Gasteiger partial charge in [-0.15, -0.1) is 0 Å². The Balaban J connectivity index is 1.90. The van der Waals surface area contributed by atoms with Crippen LogP contribution in [0.15, 0.2) is 67.3 Å². The molecule has 1 N–H and O–H groups in total. The minimum atomic E-state index is -1.41. The van der Waals surface area contributed by atoms with Gasteiger partial charge in [0, 0.05) is 0 Å². The van der Waals surface area contributed by atoms with Crippen molar-refractivity contribution in [2.24, 2.45) is 0 Å². The smallest absolute Gasteiger partial charge is 0.317 e. The maximum atomic E-state index is 6.08. The lowest BCUT2D eigenvalue weighted by molar-refractivity contribution is 0.100. The largest absolute Gasteiger partial charge is 0.333 e. The number of nitrogens with one attached hydrogen (secondary N) is 1. The summed E-state index contributed by atoms with van der Waals surface area (Å²) in [5, 5.41) is 3.33. The Morgan fingerprint density at radius 3 is 2.58 bits per heavy atom. The predicted molar refractivity (Wildman–Crippen MR) is 99.6 cm³/mol. The molecule has 0 spiro atoms. The Kier molecular flexibility index (Phi) is 8.96. The van der Waals surface area contributed by atoms with Crippen LogP contribution in [0.25, 0.3) is 0 Å². The minimum absolute atomic E-state index is 0.184. The van der Waals surface area contributed by atoms with Crippen LogP contribution in [0.1, 0.15) is 18.4 Å². The van der Waals surface area contributed by atoms with Crippen molar-refractivity contribution >= 4 is 8.60 Å². The van der Waals surface area contributed by atoms with Gasteiger partial charge in [-0.3, -0.25) is 0 Å². The average Bonchev–Trinajstić information content (AvgIpc) is 2.64. The third-order valence-electron chi connectivity index (χ3n) is 3.63. The Morgan fingerprint density at radius 2 is 1.92 bits per heavy atom. The molecular weight excluding hydrogens is 321 g/mol. The molecule has 1 fully saturated rings. The van der Waals surface area contributed by atoms with Crippen LogP contribution in [-0.2, 0) is 20.2 Å². The van der Waals surface area contributed by atoms with Crippen molar-refractivity contribution in [1.82, 2.24) is 5.32 Å². The van der Waals surface area contributed by atoms with Gasteiger partial charge < -0.3 is 18.9 Å². The fourth-order valence-corrected chi connectivity index (χ4v) is 3.44. The molecule has 1 aromatic rings. The van der Waals surface area contributed by atoms with Gasteiger partial charge in [0.1, 0.15) is 0 Å². The summed E-state index contributed by atoms with van der Waals surface area (Å²) in [5.74, 6) is 0. The maximum absolute atomic E-state index is 6.08. The van der Waals surface area contributed by atoms with Crippen molar-refractivity contribution in [2.45, 2.75) is 25.6 Å². The Morgan fingerprint density at radius 1 is 1.17 bits per heavy atom. The van der Waals surface area contributed by atoms with E-state index in [-0.39, 0.29) is 6.10 Å². The van der Waals surface area contributed by atoms with Crippen LogP contribution in [0.3, 0.4) is 0 Å². The Bertz CT molecular complexity index is 527. The Labute approximate surface area is 146 Å². The summed E-state index contributed by atoms with van der Waals surface area (Å²) in [6, 6.07) is 10.1. The highest BCUT2D eigenvalue weighted by Crippen LogP contribution is 2.43. The molecule has 1 saturated heterocycles. The number of hydrogen-bond acceptors (Lipinski definition) is 4. The van der Waals surface area contributed by atoms with Gasteiger partial charge in [-0.2, -0.15) is 0 Å². The summed E-state index contributed by atoms with van der Waals surface area (Å²) >= 11 is 0. The van der Waals surface area contributed by atoms with Gasteiger partial charge in [0.05, 0.1) is 19.3 Å². The second kappa shape index (κ2) is 11.3. The van der Waals surface area contributed by atoms with Gasteiger partial charge in [0.25, 0.3) is 0 Å². The molecule has 4 nitrogen and oxygen atoms in total. The monoisotopic (exact) mass is 347 g/mol. The summed E-state index contributed by atoms with van der Waals surface area (Å²) in [6.45, 7) is 10.3. The molecule has 2 rings (SSSR count). The van der Waals surface area contributed by atoms with E-state index in [9.17, 15) is 0 Å². The summed E-state index contributed by atoms with van der Waals surface area (Å²) in [5.41, 5.74) is 2.06. The summed E-state index contributed by atoms with van der Waals surface area (Å²) in [6.07, 6.45) is 7.51. The van der Waals surface area contributed by atoms with E-state index < -0.39 is 8.60 Å². The molecule has 0 aliphatic carbocycles. The zero-order chi connectivity index (χ0) is 17.0. The van der Waals surface area contributed by atoms with E-state index in [1.165, 1.54) is 0 Å². The summed E-state index contributed by atoms with van der Waals surface area (Å²) in [4.78, 5) is 0. The summed E-state index contributed by atoms with van der Waals surface area (Å²) < 4.78 is 17.9. The van der Waals surface area contributed by atoms with Crippen LogP contribution in [0.4, 0.5) is 0 Å². The topological polar surface area (TPSA) is 39.7 Å². The lowest BCUT2D eigenvalue weighted by Gasteiger charge is -2.26. The molecule has 1 aromatic carbocycles. The number of allylic oxidation sites excluding steroid dienone is 2. The molecule has 5 heteroatoms. The third-order valence-corrected chi connectivity index (χ3v) is 4.78. The molecule has 0 bridgehead atoms. The van der Waals surface area contributed by atoms with Crippen LogP contribution < -0.4 is 5.32 Å². The fourth-order valence-electron chi connectivity index (χ4n) is 2.28. The molecule has 130 valence electrons. The quantitative estimate of drug-likeness (QED) is 0.499. The van der Waals surface area contributed by atoms with E-state index in [1.807, 2.05) is 36.4 Å². The first-order valence-corrected chi connectivity index (χ1v) is 9.32. The van der Waals surface area contributed by atoms with Crippen LogP contribution >= 0.6 is 8.60 Å². The van der Waals surface area contributed by atoms with Crippen molar-refractivity contribution < 1.29 is 13.6 Å². The molecule has 0 radical (unpaired) electrons. The van der Waals surface area contributed by atoms with Crippen LogP contribution in [0, 0.1) is 0 Å². The molecule has 1 aliphatic rings. The number of benzene rings is 1. The molecule has 1 aliphatic heterocycles. The van der Waals surface area contributed by atoms with Gasteiger partial charge >= 0.3 is 8.60 Å². The first-order valence-electron chi connectivity index (χ1n) is 8.23. The second-order valence-corrected chi connectivity index (χ2v) is 6.67. The highest BCUT2D eigenvalue weighted by molar-refractivity contribution is 7.41. The fraction of sp³-hybridized carbons (Fsp3) is 0.368. The predicted octanol–water partition coefficient (Wildman–Crippen LogP) is 4.51. The molecule has 0 saturated carbocycles. The first kappa shape index (κ1) is 19.0. The lowest BCUT2D eigenvalue weighted by Crippen LogP contribution is -2.31. The van der Waals surface area contributed by atoms with Crippen molar-refractivity contribution in [3.8, 4) is 0 Å². The number of rotatable bonds is 10. The Hall–Kier alpha value is -1.29. The normalized spacial score (nSPS) is 17.4. The standard InChI is InChI=1S/C19H26NO3P/c1-3-8-17(4-2)15-21-24(23-19-11-13-20-14-12-19)22-16-18-9-6-5-7-10-18/h3-10,19-20H,1-2,11-16H2/b17-8+. The zero-order valence-electron chi connectivity index (χ0n) is 14.0. The second-order valence-electron chi connectivity index (χ2n) is 5.49. The van der Waals surface area contributed by atoms with E-state index >= 15 is 0 Å². The van der Waals surface area contributed by atoms with Crippen molar-refractivity contribution in [3.05, 3.63) is 72.9 Å². The van der Waals surface area contributed by atoms with Gasteiger partial charge in [-0.05, 0) is 37.1 Å². The van der Waals surface area contributed by atoms with Gasteiger partial charge in [0.15, 0.2) is 0 Å². The van der Waals surface area contributed by atoms with Crippen molar-refractivity contribution in [3.63, 3.8) is 0 Å². The van der Waals surface area contributed by atoms with Crippen molar-refractivity contribution in [2.75, 3.05) is 19.7 Å². The molecule has 24 heavy (non-hydrogen) atoms. The van der Waals surface area contributed by atoms with Gasteiger partial charge in [-0.25, -0.2) is 0 Å². The molecule has 1 unspecified atom stereocenters. The lowest BCUT2D eigenvalue weighted by atomic mass is 10.1. The van der Waals surface area contributed by atoms with E-state index in [4.69, 9.17) is 13.6 Å². The third kappa shape index (κ3) is 7.08. The molecular formula is C19H26NO3P. The van der Waals surface area contributed by atoms with E-state index in [0.717, 1.165) is 37.1 Å². The van der Waals surface area contributed by atoms with Crippen LogP contribution in [-0.4, -0.2) is 25.8 Å². The molecule has 0 amide bonds. The first-order chi connectivity index (χ1) is 11.8. The highest BCUT2D eigenvalue weighted by Gasteiger charge is 2.22.